The summed E-state index contributed by atoms with van der Waals surface area (Å²) < 4.78 is 10.8. The van der Waals surface area contributed by atoms with Gasteiger partial charge in [-0.05, 0) is 32.0 Å². The predicted octanol–water partition coefficient (Wildman–Crippen LogP) is 3.64. The first-order valence-corrected chi connectivity index (χ1v) is 8.94. The van der Waals surface area contributed by atoms with E-state index in [1.54, 1.807) is 37.1 Å². The maximum Gasteiger partial charge on any atom is 0.242 e. The molecule has 0 aliphatic carbocycles. The maximum absolute atomic E-state index is 12.7. The zero-order valence-corrected chi connectivity index (χ0v) is 15.0. The Bertz CT molecular complexity index is 732. The van der Waals surface area contributed by atoms with E-state index in [0.717, 1.165) is 27.1 Å². The molecule has 7 heteroatoms. The largest absolute Gasteiger partial charge is 0.497 e. The van der Waals surface area contributed by atoms with Crippen molar-refractivity contribution in [2.24, 2.45) is 0 Å². The van der Waals surface area contributed by atoms with E-state index >= 15 is 0 Å². The fraction of sp³-hybridized carbons (Fsp3) is 0.375. The molecule has 0 unspecified atom stereocenters. The summed E-state index contributed by atoms with van der Waals surface area (Å²) in [4.78, 5) is 19.9. The SMILES string of the molecule is COc1ccc(OC)c([C@H]2S[C@H](C)C(=O)N2c2ncc(C)s2)c1. The van der Waals surface area contributed by atoms with Crippen molar-refractivity contribution in [2.45, 2.75) is 24.5 Å². The molecule has 122 valence electrons. The molecule has 0 saturated carbocycles. The van der Waals surface area contributed by atoms with Gasteiger partial charge in [0.2, 0.25) is 5.91 Å². The fourth-order valence-electron chi connectivity index (χ4n) is 2.52. The Morgan fingerprint density at radius 1 is 1.26 bits per heavy atom. The second-order valence-corrected chi connectivity index (χ2v) is 7.84. The molecule has 1 aliphatic rings. The van der Waals surface area contributed by atoms with Crippen LogP contribution in [-0.2, 0) is 4.79 Å². The van der Waals surface area contributed by atoms with Crippen LogP contribution < -0.4 is 14.4 Å². The van der Waals surface area contributed by atoms with E-state index < -0.39 is 0 Å². The summed E-state index contributed by atoms with van der Waals surface area (Å²) in [6.45, 7) is 3.91. The fourth-order valence-corrected chi connectivity index (χ4v) is 4.65. The number of aryl methyl sites for hydroxylation is 1. The predicted molar refractivity (Wildman–Crippen MR) is 93.7 cm³/mol. The summed E-state index contributed by atoms with van der Waals surface area (Å²) in [6, 6.07) is 5.65. The Morgan fingerprint density at radius 3 is 2.65 bits per heavy atom. The molecule has 1 aliphatic heterocycles. The van der Waals surface area contributed by atoms with Crippen molar-refractivity contribution in [3.05, 3.63) is 34.8 Å². The van der Waals surface area contributed by atoms with E-state index in [-0.39, 0.29) is 16.5 Å². The zero-order valence-electron chi connectivity index (χ0n) is 13.4. The summed E-state index contributed by atoms with van der Waals surface area (Å²) in [5.74, 6) is 1.55. The van der Waals surface area contributed by atoms with Crippen LogP contribution in [0.4, 0.5) is 5.13 Å². The lowest BCUT2D eigenvalue weighted by molar-refractivity contribution is -0.117. The van der Waals surface area contributed by atoms with Gasteiger partial charge in [0.15, 0.2) is 5.13 Å². The zero-order chi connectivity index (χ0) is 16.6. The highest BCUT2D eigenvalue weighted by Gasteiger charge is 2.42. The molecule has 0 N–H and O–H groups in total. The highest BCUT2D eigenvalue weighted by molar-refractivity contribution is 8.01. The first kappa shape index (κ1) is 16.1. The summed E-state index contributed by atoms with van der Waals surface area (Å²) in [6.07, 6.45) is 1.79. The number of hydrogen-bond acceptors (Lipinski definition) is 6. The topological polar surface area (TPSA) is 51.7 Å². The minimum atomic E-state index is -0.173. The normalized spacial score (nSPS) is 20.9. The highest BCUT2D eigenvalue weighted by Crippen LogP contribution is 2.49. The Hall–Kier alpha value is -1.73. The summed E-state index contributed by atoms with van der Waals surface area (Å²) in [5.41, 5.74) is 0.919. The van der Waals surface area contributed by atoms with Gasteiger partial charge >= 0.3 is 0 Å². The van der Waals surface area contributed by atoms with Crippen molar-refractivity contribution >= 4 is 34.1 Å². The number of nitrogens with zero attached hydrogens (tertiary/aromatic N) is 2. The van der Waals surface area contributed by atoms with Gasteiger partial charge in [-0.15, -0.1) is 23.1 Å². The molecule has 2 aromatic rings. The van der Waals surface area contributed by atoms with Gasteiger partial charge in [-0.1, -0.05) is 0 Å². The van der Waals surface area contributed by atoms with Crippen LogP contribution in [0.5, 0.6) is 11.5 Å². The van der Waals surface area contributed by atoms with Gasteiger partial charge in [-0.2, -0.15) is 0 Å². The van der Waals surface area contributed by atoms with Gasteiger partial charge in [0.25, 0.3) is 0 Å². The number of benzene rings is 1. The van der Waals surface area contributed by atoms with Crippen molar-refractivity contribution in [1.29, 1.82) is 0 Å². The molecule has 1 fully saturated rings. The van der Waals surface area contributed by atoms with Gasteiger partial charge in [0, 0.05) is 16.6 Å². The average molecular weight is 350 g/mol. The van der Waals surface area contributed by atoms with Crippen LogP contribution in [0.1, 0.15) is 22.7 Å². The van der Waals surface area contributed by atoms with E-state index in [9.17, 15) is 4.79 Å². The number of aromatic nitrogens is 1. The third-order valence-electron chi connectivity index (χ3n) is 3.67. The smallest absolute Gasteiger partial charge is 0.242 e. The van der Waals surface area contributed by atoms with Crippen LogP contribution in [-0.4, -0.2) is 30.4 Å². The summed E-state index contributed by atoms with van der Waals surface area (Å²) in [7, 11) is 3.26. The van der Waals surface area contributed by atoms with Gasteiger partial charge in [0.1, 0.15) is 16.9 Å². The number of anilines is 1. The lowest BCUT2D eigenvalue weighted by Crippen LogP contribution is -2.30. The molecule has 0 spiro atoms. The van der Waals surface area contributed by atoms with Crippen LogP contribution in [0.2, 0.25) is 0 Å². The van der Waals surface area contributed by atoms with E-state index in [0.29, 0.717) is 0 Å². The van der Waals surface area contributed by atoms with Gasteiger partial charge in [-0.25, -0.2) is 4.98 Å². The molecule has 1 saturated heterocycles. The van der Waals surface area contributed by atoms with Crippen LogP contribution >= 0.6 is 23.1 Å². The quantitative estimate of drug-likeness (QED) is 0.843. The monoisotopic (exact) mass is 350 g/mol. The molecule has 0 bridgehead atoms. The number of carbonyl (C=O) groups excluding carboxylic acids is 1. The van der Waals surface area contributed by atoms with Crippen LogP contribution in [0, 0.1) is 6.92 Å². The standard InChI is InChI=1S/C16H18N2O3S2/c1-9-8-17-16(22-9)18-14(19)10(2)23-15(18)12-7-11(20-3)5-6-13(12)21-4/h5-8,10,15H,1-4H3/t10-,15-/m1/s1. The first-order valence-electron chi connectivity index (χ1n) is 7.18. The second kappa shape index (κ2) is 6.41. The van der Waals surface area contributed by atoms with Crippen molar-refractivity contribution < 1.29 is 14.3 Å². The van der Waals surface area contributed by atoms with Gasteiger partial charge in [-0.3, -0.25) is 9.69 Å². The number of methoxy groups -OCH3 is 2. The minimum absolute atomic E-state index is 0.0687. The van der Waals surface area contributed by atoms with Crippen molar-refractivity contribution in [2.75, 3.05) is 19.1 Å². The van der Waals surface area contributed by atoms with Gasteiger partial charge < -0.3 is 9.47 Å². The first-order chi connectivity index (χ1) is 11.0. The highest BCUT2D eigenvalue weighted by atomic mass is 32.2. The molecular formula is C16H18N2O3S2. The number of thiazole rings is 1. The van der Waals surface area contributed by atoms with Crippen molar-refractivity contribution in [3.63, 3.8) is 0 Å². The second-order valence-electron chi connectivity index (χ2n) is 5.20. The minimum Gasteiger partial charge on any atom is -0.497 e. The molecular weight excluding hydrogens is 332 g/mol. The summed E-state index contributed by atoms with van der Waals surface area (Å²) in [5, 5.41) is 0.424. The Kier molecular flexibility index (Phi) is 4.50. The number of amides is 1. The lowest BCUT2D eigenvalue weighted by atomic mass is 10.1. The maximum atomic E-state index is 12.7. The Balaban J connectivity index is 2.08. The number of thioether (sulfide) groups is 1. The van der Waals surface area contributed by atoms with Gasteiger partial charge in [0.05, 0.1) is 19.5 Å². The van der Waals surface area contributed by atoms with Crippen LogP contribution in [0.3, 0.4) is 0 Å². The molecule has 2 heterocycles. The molecule has 1 amide bonds. The van der Waals surface area contributed by atoms with E-state index in [1.807, 2.05) is 32.0 Å². The lowest BCUT2D eigenvalue weighted by Gasteiger charge is -2.23. The van der Waals surface area contributed by atoms with Crippen molar-refractivity contribution in [1.82, 2.24) is 4.98 Å². The van der Waals surface area contributed by atoms with E-state index in [1.165, 1.54) is 11.3 Å². The number of ether oxygens (including phenoxy) is 2. The van der Waals surface area contributed by atoms with E-state index in [4.69, 9.17) is 9.47 Å². The Labute approximate surface area is 143 Å². The van der Waals surface area contributed by atoms with Crippen LogP contribution in [0.15, 0.2) is 24.4 Å². The molecule has 1 aromatic heterocycles. The molecule has 23 heavy (non-hydrogen) atoms. The van der Waals surface area contributed by atoms with Crippen molar-refractivity contribution in [3.8, 4) is 11.5 Å². The Morgan fingerprint density at radius 2 is 2.04 bits per heavy atom. The molecule has 2 atom stereocenters. The van der Waals surface area contributed by atoms with Crippen LogP contribution in [0.25, 0.3) is 0 Å². The third-order valence-corrected chi connectivity index (χ3v) is 5.92. The third kappa shape index (κ3) is 2.90. The molecule has 3 rings (SSSR count). The number of rotatable bonds is 4. The number of hydrogen-bond donors (Lipinski definition) is 0. The molecule has 0 radical (unpaired) electrons. The van der Waals surface area contributed by atoms with E-state index in [2.05, 4.69) is 4.98 Å². The number of carbonyl (C=O) groups is 1. The summed E-state index contributed by atoms with van der Waals surface area (Å²) >= 11 is 3.12. The molecule has 5 nitrogen and oxygen atoms in total. The molecule has 1 aromatic carbocycles. The average Bonchev–Trinajstić information content (AvgIpc) is 3.10.